The van der Waals surface area contributed by atoms with Crippen LogP contribution in [0.5, 0.6) is 11.5 Å². The van der Waals surface area contributed by atoms with Crippen molar-refractivity contribution in [1.82, 2.24) is 14.6 Å². The highest BCUT2D eigenvalue weighted by Gasteiger charge is 2.28. The lowest BCUT2D eigenvalue weighted by Gasteiger charge is -2.20. The number of methoxy groups -OCH3 is 2. The first-order chi connectivity index (χ1) is 14.8. The van der Waals surface area contributed by atoms with E-state index in [1.165, 1.54) is 0 Å². The van der Waals surface area contributed by atoms with Crippen LogP contribution in [0.25, 0.3) is 5.65 Å². The quantitative estimate of drug-likeness (QED) is 0.506. The van der Waals surface area contributed by atoms with Gasteiger partial charge in [0, 0.05) is 53.6 Å². The van der Waals surface area contributed by atoms with Gasteiger partial charge in [-0.05, 0) is 26.7 Å². The maximum Gasteiger partial charge on any atom is 0.177 e. The Labute approximate surface area is 181 Å². The van der Waals surface area contributed by atoms with Crippen LogP contribution in [0.3, 0.4) is 0 Å². The molecule has 0 aliphatic heterocycles. The minimum Gasteiger partial charge on any atom is -0.497 e. The van der Waals surface area contributed by atoms with Gasteiger partial charge < -0.3 is 25.8 Å². The van der Waals surface area contributed by atoms with E-state index in [4.69, 9.17) is 20.2 Å². The van der Waals surface area contributed by atoms with Crippen LogP contribution < -0.4 is 25.8 Å². The molecule has 0 saturated heterocycles. The molecule has 0 bridgehead atoms. The lowest BCUT2D eigenvalue weighted by Crippen LogP contribution is -2.40. The number of nitriles is 1. The summed E-state index contributed by atoms with van der Waals surface area (Å²) in [5.74, 6) is 2.86. The number of nitrogens with zero attached hydrogens (tertiary/aromatic N) is 4. The Kier molecular flexibility index (Phi) is 5.33. The number of fused-ring (bicyclic) bond motifs is 1. The van der Waals surface area contributed by atoms with Crippen LogP contribution in [0.4, 0.5) is 17.3 Å². The molecule has 1 aliphatic rings. The zero-order valence-corrected chi connectivity index (χ0v) is 18.2. The smallest absolute Gasteiger partial charge is 0.177 e. The van der Waals surface area contributed by atoms with E-state index in [2.05, 4.69) is 21.8 Å². The van der Waals surface area contributed by atoms with Crippen LogP contribution in [-0.2, 0) is 0 Å². The number of nitrogens with one attached hydrogen (secondary N) is 2. The van der Waals surface area contributed by atoms with E-state index < -0.39 is 5.54 Å². The third-order valence-electron chi connectivity index (χ3n) is 5.06. The fourth-order valence-corrected chi connectivity index (χ4v) is 3.28. The summed E-state index contributed by atoms with van der Waals surface area (Å²) < 4.78 is 12.3. The van der Waals surface area contributed by atoms with Crippen molar-refractivity contribution in [3.05, 3.63) is 35.5 Å². The lowest BCUT2D eigenvalue weighted by molar-refractivity contribution is 0.395. The molecular formula is C22H27N7O2. The Bertz CT molecular complexity index is 1130. The van der Waals surface area contributed by atoms with Gasteiger partial charge in [-0.15, -0.1) is 5.10 Å². The summed E-state index contributed by atoms with van der Waals surface area (Å²) in [5, 5.41) is 21.1. The largest absolute Gasteiger partial charge is 0.497 e. The molecule has 2 heterocycles. The second-order valence-electron chi connectivity index (χ2n) is 8.48. The van der Waals surface area contributed by atoms with Gasteiger partial charge in [-0.25, -0.2) is 4.98 Å². The molecule has 4 N–H and O–H groups in total. The molecule has 0 unspecified atom stereocenters. The van der Waals surface area contributed by atoms with Crippen LogP contribution in [0.1, 0.15) is 43.9 Å². The summed E-state index contributed by atoms with van der Waals surface area (Å²) in [6.45, 7) is 4.45. The molecule has 1 aliphatic carbocycles. The Morgan fingerprint density at radius 3 is 2.42 bits per heavy atom. The molecule has 1 fully saturated rings. The second kappa shape index (κ2) is 7.96. The molecule has 1 saturated carbocycles. The van der Waals surface area contributed by atoms with E-state index in [1.54, 1.807) is 24.8 Å². The monoisotopic (exact) mass is 421 g/mol. The normalized spacial score (nSPS) is 13.7. The highest BCUT2D eigenvalue weighted by atomic mass is 16.5. The van der Waals surface area contributed by atoms with Gasteiger partial charge in [0.1, 0.15) is 28.9 Å². The number of ether oxygens (including phenoxy) is 2. The number of anilines is 3. The topological polar surface area (TPSA) is 123 Å². The van der Waals surface area contributed by atoms with Crippen molar-refractivity contribution in [1.29, 1.82) is 5.26 Å². The first kappa shape index (κ1) is 20.8. The van der Waals surface area contributed by atoms with Gasteiger partial charge in [0.05, 0.1) is 14.2 Å². The van der Waals surface area contributed by atoms with Crippen molar-refractivity contribution < 1.29 is 9.47 Å². The minimum absolute atomic E-state index is 0.374. The van der Waals surface area contributed by atoms with Gasteiger partial charge in [0.2, 0.25) is 0 Å². The van der Waals surface area contributed by atoms with Crippen molar-refractivity contribution in [3.63, 3.8) is 0 Å². The lowest BCUT2D eigenvalue weighted by atomic mass is 10.1. The highest BCUT2D eigenvalue weighted by Crippen LogP contribution is 2.40. The molecule has 3 aromatic rings. The first-order valence-corrected chi connectivity index (χ1v) is 10.2. The Morgan fingerprint density at radius 1 is 1.19 bits per heavy atom. The summed E-state index contributed by atoms with van der Waals surface area (Å²) in [7, 11) is 3.18. The summed E-state index contributed by atoms with van der Waals surface area (Å²) in [6, 6.07) is 9.66. The van der Waals surface area contributed by atoms with Crippen LogP contribution in [-0.4, -0.2) is 40.9 Å². The summed E-state index contributed by atoms with van der Waals surface area (Å²) in [5.41, 5.74) is 8.30. The number of hydrogen-bond acceptors (Lipinski definition) is 8. The molecule has 0 radical (unpaired) electrons. The summed E-state index contributed by atoms with van der Waals surface area (Å²) in [4.78, 5) is 4.76. The minimum atomic E-state index is -0.404. The van der Waals surface area contributed by atoms with Gasteiger partial charge in [-0.1, -0.05) is 0 Å². The summed E-state index contributed by atoms with van der Waals surface area (Å²) in [6.07, 6.45) is 2.21. The number of benzene rings is 1. The molecule has 0 spiro atoms. The Hall–Kier alpha value is -3.51. The fourth-order valence-electron chi connectivity index (χ4n) is 3.28. The molecule has 4 rings (SSSR count). The molecule has 9 heteroatoms. The molecule has 31 heavy (non-hydrogen) atoms. The van der Waals surface area contributed by atoms with Crippen molar-refractivity contribution in [2.24, 2.45) is 5.73 Å². The predicted octanol–water partition coefficient (Wildman–Crippen LogP) is 3.39. The molecule has 0 atom stereocenters. The zero-order chi connectivity index (χ0) is 22.2. The third kappa shape index (κ3) is 4.49. The molecule has 0 amide bonds. The van der Waals surface area contributed by atoms with Crippen LogP contribution in [0, 0.1) is 11.3 Å². The Morgan fingerprint density at radius 2 is 1.87 bits per heavy atom. The fraction of sp³-hybridized carbons (Fsp3) is 0.409. The van der Waals surface area contributed by atoms with Gasteiger partial charge in [-0.2, -0.15) is 9.78 Å². The van der Waals surface area contributed by atoms with Gasteiger partial charge in [0.15, 0.2) is 11.5 Å². The zero-order valence-electron chi connectivity index (χ0n) is 18.2. The maximum absolute atomic E-state index is 9.91. The molecular weight excluding hydrogens is 394 g/mol. The molecule has 9 nitrogen and oxygen atoms in total. The molecule has 162 valence electrons. The third-order valence-corrected chi connectivity index (χ3v) is 5.06. The van der Waals surface area contributed by atoms with E-state index in [0.717, 1.165) is 24.4 Å². The van der Waals surface area contributed by atoms with Gasteiger partial charge in [-0.3, -0.25) is 0 Å². The SMILES string of the molecule is COc1cc(Nc2nn3c(NCC(C)(C)N)cc(C4CC4)nc3c2C#N)cc(OC)c1. The van der Waals surface area contributed by atoms with Crippen LogP contribution in [0.2, 0.25) is 0 Å². The number of hydrogen-bond donors (Lipinski definition) is 3. The van der Waals surface area contributed by atoms with E-state index in [9.17, 15) is 5.26 Å². The number of nitrogens with two attached hydrogens (primary N) is 1. The van der Waals surface area contributed by atoms with Crippen LogP contribution in [0.15, 0.2) is 24.3 Å². The van der Waals surface area contributed by atoms with Crippen molar-refractivity contribution in [3.8, 4) is 17.6 Å². The van der Waals surface area contributed by atoms with Crippen molar-refractivity contribution >= 4 is 23.0 Å². The molecule has 2 aromatic heterocycles. The summed E-state index contributed by atoms with van der Waals surface area (Å²) >= 11 is 0. The first-order valence-electron chi connectivity index (χ1n) is 10.2. The second-order valence-corrected chi connectivity index (χ2v) is 8.48. The van der Waals surface area contributed by atoms with Crippen LogP contribution >= 0.6 is 0 Å². The van der Waals surface area contributed by atoms with E-state index in [0.29, 0.717) is 46.7 Å². The maximum atomic E-state index is 9.91. The average Bonchev–Trinajstić information content (AvgIpc) is 3.53. The molecule has 1 aromatic carbocycles. The average molecular weight is 422 g/mol. The number of rotatable bonds is 8. The predicted molar refractivity (Wildman–Crippen MR) is 119 cm³/mol. The van der Waals surface area contributed by atoms with E-state index in [-0.39, 0.29) is 0 Å². The van der Waals surface area contributed by atoms with E-state index >= 15 is 0 Å². The van der Waals surface area contributed by atoms with E-state index in [1.807, 2.05) is 32.0 Å². The van der Waals surface area contributed by atoms with Crippen molar-refractivity contribution in [2.45, 2.75) is 38.1 Å². The standard InChI is InChI=1S/C22H27N7O2/c1-22(2,24)12-25-19-10-18(13-5-6-13)27-21-17(11-23)20(28-29(19)21)26-14-7-15(30-3)9-16(8-14)31-4/h7-10,13,25H,5-6,12,24H2,1-4H3,(H,26,28). The van der Waals surface area contributed by atoms with Gasteiger partial charge in [0.25, 0.3) is 0 Å². The highest BCUT2D eigenvalue weighted by molar-refractivity contribution is 5.74. The Balaban J connectivity index is 1.79. The number of aromatic nitrogens is 3. The van der Waals surface area contributed by atoms with Gasteiger partial charge >= 0.3 is 0 Å². The van der Waals surface area contributed by atoms with Crippen molar-refractivity contribution in [2.75, 3.05) is 31.4 Å².